The molecular weight excluding hydrogens is 380 g/mol. The Bertz CT molecular complexity index is 1270. The minimum atomic E-state index is -0.200. The van der Waals surface area contributed by atoms with Crippen molar-refractivity contribution in [1.82, 2.24) is 24.9 Å². The zero-order valence-corrected chi connectivity index (χ0v) is 17.1. The quantitative estimate of drug-likeness (QED) is 0.561. The number of nitrogens with zero attached hydrogens (tertiary/aromatic N) is 5. The van der Waals surface area contributed by atoms with Gasteiger partial charge in [-0.25, -0.2) is 4.98 Å². The van der Waals surface area contributed by atoms with Crippen molar-refractivity contribution in [2.24, 2.45) is 0 Å². The summed E-state index contributed by atoms with van der Waals surface area (Å²) in [7, 11) is 0. The summed E-state index contributed by atoms with van der Waals surface area (Å²) in [5.74, 6) is 2.16. The van der Waals surface area contributed by atoms with Crippen molar-refractivity contribution in [3.63, 3.8) is 0 Å². The number of aromatic nitrogens is 5. The maximum absolute atomic E-state index is 13.1. The molecule has 1 N–H and O–H groups in total. The predicted octanol–water partition coefficient (Wildman–Crippen LogP) is 3.72. The van der Waals surface area contributed by atoms with Gasteiger partial charge in [0.05, 0.1) is 16.6 Å². The molecule has 1 amide bonds. The topological polar surface area (TPSA) is 98.7 Å². The van der Waals surface area contributed by atoms with Crippen LogP contribution >= 0.6 is 0 Å². The van der Waals surface area contributed by atoms with Crippen LogP contribution in [0.4, 0.5) is 5.69 Å². The number of fused-ring (bicyclic) bond motifs is 2. The van der Waals surface area contributed by atoms with Gasteiger partial charge in [-0.1, -0.05) is 17.3 Å². The van der Waals surface area contributed by atoms with Crippen molar-refractivity contribution in [1.29, 1.82) is 0 Å². The van der Waals surface area contributed by atoms with Crippen molar-refractivity contribution >= 4 is 22.7 Å². The molecule has 30 heavy (non-hydrogen) atoms. The maximum Gasteiger partial charge on any atom is 0.258 e. The number of hydrogen-bond acceptors (Lipinski definition) is 6. The Morgan fingerprint density at radius 2 is 2.07 bits per heavy atom. The van der Waals surface area contributed by atoms with Gasteiger partial charge < -0.3 is 14.4 Å². The Hall–Kier alpha value is -3.55. The highest BCUT2D eigenvalue weighted by atomic mass is 16.5. The van der Waals surface area contributed by atoms with Gasteiger partial charge >= 0.3 is 0 Å². The molecule has 0 aliphatic carbocycles. The normalized spacial score (nSPS) is 15.9. The summed E-state index contributed by atoms with van der Waals surface area (Å²) in [6.45, 7) is 6.48. The first-order chi connectivity index (χ1) is 14.5. The van der Waals surface area contributed by atoms with Crippen molar-refractivity contribution in [2.75, 3.05) is 5.32 Å². The van der Waals surface area contributed by atoms with Gasteiger partial charge in [-0.15, -0.1) is 10.2 Å². The Balaban J connectivity index is 1.41. The molecule has 1 aliphatic heterocycles. The van der Waals surface area contributed by atoms with Crippen LogP contribution in [0.3, 0.4) is 0 Å². The van der Waals surface area contributed by atoms with Crippen LogP contribution in [0, 0.1) is 20.8 Å². The van der Waals surface area contributed by atoms with Crippen molar-refractivity contribution in [3.8, 4) is 0 Å². The number of carbonyl (C=O) groups excluding carboxylic acids is 1. The van der Waals surface area contributed by atoms with E-state index in [0.717, 1.165) is 36.7 Å². The fraction of sp³-hybridized carbons (Fsp3) is 0.318. The number of aryl methyl sites for hydroxylation is 4. The number of amides is 1. The molecule has 1 aliphatic rings. The fourth-order valence-electron chi connectivity index (χ4n) is 4.20. The molecule has 0 bridgehead atoms. The highest BCUT2D eigenvalue weighted by Crippen LogP contribution is 2.30. The van der Waals surface area contributed by atoms with E-state index in [0.29, 0.717) is 34.0 Å². The largest absolute Gasteiger partial charge is 0.336 e. The van der Waals surface area contributed by atoms with Crippen LogP contribution in [0.15, 0.2) is 34.9 Å². The lowest BCUT2D eigenvalue weighted by Crippen LogP contribution is -2.20. The van der Waals surface area contributed by atoms with Crippen molar-refractivity contribution < 1.29 is 9.32 Å². The highest BCUT2D eigenvalue weighted by Gasteiger charge is 2.23. The van der Waals surface area contributed by atoms with Crippen LogP contribution < -0.4 is 5.32 Å². The van der Waals surface area contributed by atoms with Gasteiger partial charge in [-0.05, 0) is 51.0 Å². The number of rotatable bonds is 3. The number of benzene rings is 1. The summed E-state index contributed by atoms with van der Waals surface area (Å²) in [5.41, 5.74) is 4.22. The Morgan fingerprint density at radius 3 is 2.93 bits per heavy atom. The summed E-state index contributed by atoms with van der Waals surface area (Å²) < 4.78 is 7.43. The van der Waals surface area contributed by atoms with E-state index in [4.69, 9.17) is 4.52 Å². The smallest absolute Gasteiger partial charge is 0.258 e. The van der Waals surface area contributed by atoms with E-state index in [1.807, 2.05) is 32.9 Å². The molecule has 4 aromatic rings. The summed E-state index contributed by atoms with van der Waals surface area (Å²) >= 11 is 0. The molecule has 0 radical (unpaired) electrons. The summed E-state index contributed by atoms with van der Waals surface area (Å²) in [6, 6.07) is 9.83. The van der Waals surface area contributed by atoms with Gasteiger partial charge in [0, 0.05) is 30.3 Å². The number of pyridine rings is 1. The third kappa shape index (κ3) is 3.14. The van der Waals surface area contributed by atoms with Gasteiger partial charge in [-0.2, -0.15) is 0 Å². The van der Waals surface area contributed by atoms with E-state index in [1.165, 1.54) is 5.56 Å². The van der Waals surface area contributed by atoms with E-state index >= 15 is 0 Å². The zero-order chi connectivity index (χ0) is 20.8. The molecule has 5 rings (SSSR count). The SMILES string of the molecule is Cc1cc(C(=O)Nc2cccc([C@H]3CCc4nnc(C)n4C3)c2)c2c(C)noc2n1. The van der Waals surface area contributed by atoms with Crippen LogP contribution in [0.2, 0.25) is 0 Å². The van der Waals surface area contributed by atoms with Gasteiger partial charge in [0.2, 0.25) is 0 Å². The average molecular weight is 402 g/mol. The van der Waals surface area contributed by atoms with E-state index in [2.05, 4.69) is 42.4 Å². The van der Waals surface area contributed by atoms with Gasteiger partial charge in [0.15, 0.2) is 0 Å². The van der Waals surface area contributed by atoms with E-state index < -0.39 is 0 Å². The first-order valence-electron chi connectivity index (χ1n) is 10.0. The molecule has 1 aromatic carbocycles. The van der Waals surface area contributed by atoms with Crippen LogP contribution in [0.25, 0.3) is 11.1 Å². The second-order valence-electron chi connectivity index (χ2n) is 7.85. The summed E-state index contributed by atoms with van der Waals surface area (Å²) in [4.78, 5) is 17.4. The fourth-order valence-corrected chi connectivity index (χ4v) is 4.20. The monoisotopic (exact) mass is 402 g/mol. The molecule has 0 unspecified atom stereocenters. The molecule has 8 heteroatoms. The van der Waals surface area contributed by atoms with E-state index in [-0.39, 0.29) is 5.91 Å². The zero-order valence-electron chi connectivity index (χ0n) is 17.1. The van der Waals surface area contributed by atoms with Crippen LogP contribution in [-0.4, -0.2) is 30.8 Å². The molecule has 0 saturated carbocycles. The molecule has 0 fully saturated rings. The number of hydrogen-bond donors (Lipinski definition) is 1. The van der Waals surface area contributed by atoms with Crippen molar-refractivity contribution in [3.05, 3.63) is 64.5 Å². The van der Waals surface area contributed by atoms with Crippen LogP contribution in [0.1, 0.15) is 51.3 Å². The highest BCUT2D eigenvalue weighted by molar-refractivity contribution is 6.12. The predicted molar refractivity (Wildman–Crippen MR) is 111 cm³/mol. The van der Waals surface area contributed by atoms with Crippen LogP contribution in [-0.2, 0) is 13.0 Å². The van der Waals surface area contributed by atoms with Crippen molar-refractivity contribution in [2.45, 2.75) is 46.1 Å². The number of carbonyl (C=O) groups is 1. The molecule has 1 atom stereocenters. The van der Waals surface area contributed by atoms with E-state index in [1.54, 1.807) is 6.07 Å². The Labute approximate surface area is 173 Å². The lowest BCUT2D eigenvalue weighted by molar-refractivity contribution is 0.102. The summed E-state index contributed by atoms with van der Waals surface area (Å²) in [5, 5.41) is 16.1. The first-order valence-corrected chi connectivity index (χ1v) is 10.0. The number of anilines is 1. The summed E-state index contributed by atoms with van der Waals surface area (Å²) in [6.07, 6.45) is 1.92. The first kappa shape index (κ1) is 18.5. The number of nitrogens with one attached hydrogen (secondary N) is 1. The second-order valence-corrected chi connectivity index (χ2v) is 7.85. The Kier molecular flexibility index (Phi) is 4.34. The second kappa shape index (κ2) is 7.05. The third-order valence-electron chi connectivity index (χ3n) is 5.74. The Morgan fingerprint density at radius 1 is 1.20 bits per heavy atom. The molecule has 4 heterocycles. The third-order valence-corrected chi connectivity index (χ3v) is 5.74. The molecule has 8 nitrogen and oxygen atoms in total. The lowest BCUT2D eigenvalue weighted by Gasteiger charge is -2.24. The molecule has 3 aromatic heterocycles. The molecule has 152 valence electrons. The minimum absolute atomic E-state index is 0.200. The van der Waals surface area contributed by atoms with Gasteiger partial charge in [0.1, 0.15) is 11.6 Å². The van der Waals surface area contributed by atoms with E-state index in [9.17, 15) is 4.79 Å². The average Bonchev–Trinajstić information content (AvgIpc) is 3.30. The lowest BCUT2D eigenvalue weighted by atomic mass is 9.91. The molecule has 0 saturated heterocycles. The van der Waals surface area contributed by atoms with Crippen LogP contribution in [0.5, 0.6) is 0 Å². The maximum atomic E-state index is 13.1. The minimum Gasteiger partial charge on any atom is -0.336 e. The van der Waals surface area contributed by atoms with Gasteiger partial charge in [-0.3, -0.25) is 4.79 Å². The van der Waals surface area contributed by atoms with Gasteiger partial charge in [0.25, 0.3) is 11.6 Å². The molecular formula is C22H22N6O2. The standard InChI is InChI=1S/C22H22N6O2/c1-12-9-18(20-13(2)27-30-22(20)23-12)21(29)24-17-6-4-5-15(10-17)16-7-8-19-26-25-14(3)28(19)11-16/h4-6,9-10,16H,7-8,11H2,1-3H3,(H,24,29)/t16-/m0/s1. The molecule has 0 spiro atoms.